The van der Waals surface area contributed by atoms with Gasteiger partial charge >= 0.3 is 0 Å². The number of rotatable bonds is 4. The number of nitrogens with one attached hydrogen (secondary N) is 2. The lowest BCUT2D eigenvalue weighted by Crippen LogP contribution is -2.14. The first-order valence-electron chi connectivity index (χ1n) is 7.33. The Morgan fingerprint density at radius 2 is 1.62 bits per heavy atom. The van der Waals surface area contributed by atoms with Gasteiger partial charge in [0.05, 0.1) is 0 Å². The Bertz CT molecular complexity index is 848. The molecule has 3 rings (SSSR count). The van der Waals surface area contributed by atoms with Crippen LogP contribution in [-0.4, -0.2) is 15.9 Å². The number of aromatic nitrogens is 2. The van der Waals surface area contributed by atoms with Crippen LogP contribution in [0.1, 0.15) is 16.1 Å². The van der Waals surface area contributed by atoms with Gasteiger partial charge in [-0.05, 0) is 43.3 Å². The number of halogens is 1. The third-order valence-electron chi connectivity index (χ3n) is 3.33. The summed E-state index contributed by atoms with van der Waals surface area (Å²) in [5.41, 5.74) is 3.04. The molecule has 5 nitrogen and oxygen atoms in total. The van der Waals surface area contributed by atoms with Crippen LogP contribution in [0.25, 0.3) is 0 Å². The highest BCUT2D eigenvalue weighted by atomic mass is 79.9. The number of carbonyl (C=O) groups excluding carboxylic acids is 1. The maximum Gasteiger partial charge on any atom is 0.274 e. The Labute approximate surface area is 148 Å². The maximum atomic E-state index is 12.3. The molecule has 120 valence electrons. The first-order chi connectivity index (χ1) is 11.6. The van der Waals surface area contributed by atoms with Crippen molar-refractivity contribution in [1.82, 2.24) is 9.97 Å². The van der Waals surface area contributed by atoms with Crippen molar-refractivity contribution >= 4 is 39.0 Å². The highest BCUT2D eigenvalue weighted by Crippen LogP contribution is 2.18. The average Bonchev–Trinajstić information content (AvgIpc) is 2.59. The molecule has 0 saturated heterocycles. The summed E-state index contributed by atoms with van der Waals surface area (Å²) in [6, 6.07) is 16.9. The fourth-order valence-electron chi connectivity index (χ4n) is 2.06. The Morgan fingerprint density at radius 3 is 2.33 bits per heavy atom. The summed E-state index contributed by atoms with van der Waals surface area (Å²) in [5, 5.41) is 5.97. The molecular formula is C18H15BrN4O. The Balaban J connectivity index is 1.73. The van der Waals surface area contributed by atoms with Crippen molar-refractivity contribution in [2.45, 2.75) is 6.92 Å². The molecule has 0 saturated carbocycles. The normalized spacial score (nSPS) is 10.2. The number of carbonyl (C=O) groups is 1. The van der Waals surface area contributed by atoms with Gasteiger partial charge in [0.2, 0.25) is 0 Å². The zero-order valence-electron chi connectivity index (χ0n) is 13.0. The van der Waals surface area contributed by atoms with E-state index >= 15 is 0 Å². The molecule has 0 aliphatic heterocycles. The van der Waals surface area contributed by atoms with Gasteiger partial charge in [-0.25, -0.2) is 9.97 Å². The number of hydrogen-bond acceptors (Lipinski definition) is 4. The summed E-state index contributed by atoms with van der Waals surface area (Å²) in [6.07, 6.45) is 1.37. The quantitative estimate of drug-likeness (QED) is 0.694. The minimum Gasteiger partial charge on any atom is -0.340 e. The summed E-state index contributed by atoms with van der Waals surface area (Å²) >= 11 is 3.39. The van der Waals surface area contributed by atoms with Crippen LogP contribution in [0.4, 0.5) is 17.2 Å². The van der Waals surface area contributed by atoms with Crippen LogP contribution in [0.5, 0.6) is 0 Å². The molecule has 1 amide bonds. The second-order valence-corrected chi connectivity index (χ2v) is 6.16. The maximum absolute atomic E-state index is 12.3. The molecule has 0 bridgehead atoms. The van der Waals surface area contributed by atoms with Gasteiger partial charge in [0.25, 0.3) is 5.91 Å². The lowest BCUT2D eigenvalue weighted by atomic mass is 10.2. The molecule has 6 heteroatoms. The topological polar surface area (TPSA) is 66.9 Å². The van der Waals surface area contributed by atoms with Crippen molar-refractivity contribution in [2.24, 2.45) is 0 Å². The molecule has 2 N–H and O–H groups in total. The van der Waals surface area contributed by atoms with Gasteiger partial charge in [-0.2, -0.15) is 0 Å². The second-order valence-electron chi connectivity index (χ2n) is 5.24. The van der Waals surface area contributed by atoms with E-state index in [1.807, 2.05) is 55.5 Å². The van der Waals surface area contributed by atoms with Crippen molar-refractivity contribution in [3.63, 3.8) is 0 Å². The third-order valence-corrected chi connectivity index (χ3v) is 3.85. The van der Waals surface area contributed by atoms with E-state index < -0.39 is 0 Å². The van der Waals surface area contributed by atoms with Gasteiger partial charge in [0.15, 0.2) is 0 Å². The Kier molecular flexibility index (Phi) is 4.86. The summed E-state index contributed by atoms with van der Waals surface area (Å²) in [7, 11) is 0. The Morgan fingerprint density at radius 1 is 0.958 bits per heavy atom. The smallest absolute Gasteiger partial charge is 0.274 e. The van der Waals surface area contributed by atoms with Crippen molar-refractivity contribution in [3.05, 3.63) is 76.7 Å². The average molecular weight is 383 g/mol. The van der Waals surface area contributed by atoms with Gasteiger partial charge in [-0.15, -0.1) is 0 Å². The number of hydrogen-bond donors (Lipinski definition) is 2. The summed E-state index contributed by atoms with van der Waals surface area (Å²) in [4.78, 5) is 20.5. The van der Waals surface area contributed by atoms with Crippen LogP contribution in [0.3, 0.4) is 0 Å². The standard InChI is InChI=1S/C18H15BrN4O/c1-12-2-6-15(7-3-12)23-18(24)16-10-17(21-11-20-16)22-14-8-4-13(19)5-9-14/h2-11H,1H3,(H,23,24)(H,20,21,22). The first-order valence-corrected chi connectivity index (χ1v) is 8.12. The van der Waals surface area contributed by atoms with Crippen LogP contribution >= 0.6 is 15.9 Å². The number of aryl methyl sites for hydroxylation is 1. The molecule has 0 spiro atoms. The van der Waals surface area contributed by atoms with E-state index in [1.165, 1.54) is 6.33 Å². The van der Waals surface area contributed by atoms with Crippen molar-refractivity contribution in [2.75, 3.05) is 10.6 Å². The predicted octanol–water partition coefficient (Wildman–Crippen LogP) is 4.54. The van der Waals surface area contributed by atoms with Crippen LogP contribution in [0.15, 0.2) is 65.4 Å². The van der Waals surface area contributed by atoms with Crippen LogP contribution in [-0.2, 0) is 0 Å². The fourth-order valence-corrected chi connectivity index (χ4v) is 2.33. The van der Waals surface area contributed by atoms with E-state index in [1.54, 1.807) is 6.07 Å². The lowest BCUT2D eigenvalue weighted by molar-refractivity contribution is 0.102. The SMILES string of the molecule is Cc1ccc(NC(=O)c2cc(Nc3ccc(Br)cc3)ncn2)cc1. The van der Waals surface area contributed by atoms with E-state index in [0.29, 0.717) is 11.5 Å². The van der Waals surface area contributed by atoms with Crippen molar-refractivity contribution in [3.8, 4) is 0 Å². The summed E-state index contributed by atoms with van der Waals surface area (Å²) in [6.45, 7) is 2.00. The molecule has 24 heavy (non-hydrogen) atoms. The number of benzene rings is 2. The van der Waals surface area contributed by atoms with Crippen molar-refractivity contribution < 1.29 is 4.79 Å². The van der Waals surface area contributed by atoms with E-state index in [4.69, 9.17) is 0 Å². The minimum atomic E-state index is -0.278. The largest absolute Gasteiger partial charge is 0.340 e. The first kappa shape index (κ1) is 16.1. The van der Waals surface area contributed by atoms with Crippen LogP contribution < -0.4 is 10.6 Å². The molecule has 1 aromatic heterocycles. The molecule has 3 aromatic rings. The highest BCUT2D eigenvalue weighted by Gasteiger charge is 2.09. The summed E-state index contributed by atoms with van der Waals surface area (Å²) < 4.78 is 0.994. The predicted molar refractivity (Wildman–Crippen MR) is 98.6 cm³/mol. The Hall–Kier alpha value is -2.73. The van der Waals surface area contributed by atoms with E-state index in [9.17, 15) is 4.79 Å². The zero-order chi connectivity index (χ0) is 16.9. The molecule has 0 unspecified atom stereocenters. The highest BCUT2D eigenvalue weighted by molar-refractivity contribution is 9.10. The molecule has 0 radical (unpaired) electrons. The zero-order valence-corrected chi connectivity index (χ0v) is 14.5. The second kappa shape index (κ2) is 7.23. The lowest BCUT2D eigenvalue weighted by Gasteiger charge is -2.08. The molecule has 2 aromatic carbocycles. The van der Waals surface area contributed by atoms with E-state index in [0.717, 1.165) is 21.4 Å². The van der Waals surface area contributed by atoms with Crippen molar-refractivity contribution in [1.29, 1.82) is 0 Å². The van der Waals surface area contributed by atoms with Crippen LogP contribution in [0, 0.1) is 6.92 Å². The van der Waals surface area contributed by atoms with Gasteiger partial charge in [-0.1, -0.05) is 33.6 Å². The molecule has 0 atom stereocenters. The van der Waals surface area contributed by atoms with Gasteiger partial charge < -0.3 is 10.6 Å². The molecule has 0 aliphatic carbocycles. The molecule has 1 heterocycles. The fraction of sp³-hybridized carbons (Fsp3) is 0.0556. The number of nitrogens with zero attached hydrogens (tertiary/aromatic N) is 2. The van der Waals surface area contributed by atoms with Gasteiger partial charge in [0.1, 0.15) is 17.8 Å². The molecule has 0 fully saturated rings. The monoisotopic (exact) mass is 382 g/mol. The van der Waals surface area contributed by atoms with Gasteiger partial charge in [-0.3, -0.25) is 4.79 Å². The minimum absolute atomic E-state index is 0.278. The van der Waals surface area contributed by atoms with E-state index in [-0.39, 0.29) is 5.91 Å². The van der Waals surface area contributed by atoms with Crippen LogP contribution in [0.2, 0.25) is 0 Å². The molecular weight excluding hydrogens is 368 g/mol. The number of amides is 1. The summed E-state index contributed by atoms with van der Waals surface area (Å²) in [5.74, 6) is 0.279. The third kappa shape index (κ3) is 4.17. The van der Waals surface area contributed by atoms with E-state index in [2.05, 4.69) is 36.5 Å². The van der Waals surface area contributed by atoms with Gasteiger partial charge in [0, 0.05) is 21.9 Å². The molecule has 0 aliphatic rings. The number of anilines is 3.